The number of piperazine rings is 1. The monoisotopic (exact) mass is 473 g/mol. The number of amides is 1. The maximum Gasteiger partial charge on any atom is 0.217 e. The SMILES string of the molecule is CC(=O)NC1CCC(CCN2CCN(c3cc(CC(C)(C)O)nc(C(C)(C)C)n3)CC2C)CC1. The Balaban J connectivity index is 1.57. The average Bonchev–Trinajstić information content (AvgIpc) is 2.71. The third-order valence-corrected chi connectivity index (χ3v) is 7.22. The molecule has 1 aromatic rings. The molecule has 34 heavy (non-hydrogen) atoms. The lowest BCUT2D eigenvalue weighted by atomic mass is 9.84. The van der Waals surface area contributed by atoms with Crippen LogP contribution < -0.4 is 10.2 Å². The quantitative estimate of drug-likeness (QED) is 0.629. The summed E-state index contributed by atoms with van der Waals surface area (Å²) in [5.41, 5.74) is -0.0301. The maximum atomic E-state index is 11.3. The van der Waals surface area contributed by atoms with Crippen LogP contribution in [0.2, 0.25) is 0 Å². The molecule has 1 unspecified atom stereocenters. The molecule has 0 bridgehead atoms. The third kappa shape index (κ3) is 7.91. The van der Waals surface area contributed by atoms with E-state index in [1.54, 1.807) is 6.92 Å². The second-order valence-electron chi connectivity index (χ2n) is 12.3. The number of anilines is 1. The van der Waals surface area contributed by atoms with Crippen molar-refractivity contribution in [1.82, 2.24) is 20.2 Å². The maximum absolute atomic E-state index is 11.3. The Labute approximate surface area is 206 Å². The summed E-state index contributed by atoms with van der Waals surface area (Å²) in [6, 6.07) is 2.92. The molecule has 2 heterocycles. The molecule has 2 fully saturated rings. The lowest BCUT2D eigenvalue weighted by Crippen LogP contribution is -2.52. The van der Waals surface area contributed by atoms with Crippen LogP contribution >= 0.6 is 0 Å². The van der Waals surface area contributed by atoms with Gasteiger partial charge in [0.25, 0.3) is 0 Å². The summed E-state index contributed by atoms with van der Waals surface area (Å²) >= 11 is 0. The Morgan fingerprint density at radius 2 is 1.79 bits per heavy atom. The zero-order chi connectivity index (χ0) is 25.1. The van der Waals surface area contributed by atoms with Gasteiger partial charge in [-0.05, 0) is 65.3 Å². The number of hydrogen-bond donors (Lipinski definition) is 2. The van der Waals surface area contributed by atoms with Gasteiger partial charge in [0.15, 0.2) is 0 Å². The van der Waals surface area contributed by atoms with Gasteiger partial charge in [-0.2, -0.15) is 0 Å². The van der Waals surface area contributed by atoms with E-state index >= 15 is 0 Å². The summed E-state index contributed by atoms with van der Waals surface area (Å²) in [6.45, 7) is 18.1. The smallest absolute Gasteiger partial charge is 0.217 e. The first kappa shape index (κ1) is 26.9. The number of nitrogens with one attached hydrogen (secondary N) is 1. The molecule has 2 aliphatic rings. The van der Waals surface area contributed by atoms with Gasteiger partial charge in [-0.15, -0.1) is 0 Å². The Bertz CT molecular complexity index is 821. The van der Waals surface area contributed by atoms with Crippen LogP contribution in [0.4, 0.5) is 5.82 Å². The summed E-state index contributed by atoms with van der Waals surface area (Å²) in [5, 5.41) is 13.4. The van der Waals surface area contributed by atoms with Crippen LogP contribution in [0.15, 0.2) is 6.07 Å². The van der Waals surface area contributed by atoms with Crippen LogP contribution in [0.25, 0.3) is 0 Å². The van der Waals surface area contributed by atoms with Crippen LogP contribution in [0.5, 0.6) is 0 Å². The number of rotatable bonds is 7. The fraction of sp³-hybridized carbons (Fsp3) is 0.815. The van der Waals surface area contributed by atoms with Gasteiger partial charge in [-0.1, -0.05) is 20.8 Å². The Morgan fingerprint density at radius 1 is 1.12 bits per heavy atom. The average molecular weight is 474 g/mol. The van der Waals surface area contributed by atoms with E-state index in [1.165, 1.54) is 19.3 Å². The zero-order valence-corrected chi connectivity index (χ0v) is 22.5. The number of nitrogens with zero attached hydrogens (tertiary/aromatic N) is 4. The molecule has 7 nitrogen and oxygen atoms in total. The second-order valence-corrected chi connectivity index (χ2v) is 12.3. The van der Waals surface area contributed by atoms with Gasteiger partial charge in [0.1, 0.15) is 11.6 Å². The minimum Gasteiger partial charge on any atom is -0.390 e. The molecule has 7 heteroatoms. The van der Waals surface area contributed by atoms with Crippen LogP contribution in [-0.4, -0.2) is 69.7 Å². The summed E-state index contributed by atoms with van der Waals surface area (Å²) in [4.78, 5) is 26.1. The first-order valence-corrected chi connectivity index (χ1v) is 13.2. The van der Waals surface area contributed by atoms with Crippen molar-refractivity contribution in [3.63, 3.8) is 0 Å². The van der Waals surface area contributed by atoms with E-state index in [1.807, 2.05) is 13.8 Å². The highest BCUT2D eigenvalue weighted by atomic mass is 16.3. The molecule has 1 atom stereocenters. The molecule has 192 valence electrons. The Hall–Kier alpha value is -1.73. The number of carbonyl (C=O) groups excluding carboxylic acids is 1. The van der Waals surface area contributed by atoms with Crippen LogP contribution in [0, 0.1) is 5.92 Å². The standard InChI is InChI=1S/C27H47N5O2/c1-19-18-32(24-16-23(17-27(6,7)34)29-25(30-24)26(3,4)5)15-14-31(19)13-12-21-8-10-22(11-9-21)28-20(2)33/h16,19,21-22,34H,8-15,17-18H2,1-7H3,(H,28,33). The van der Waals surface area contributed by atoms with Crippen molar-refractivity contribution in [1.29, 1.82) is 0 Å². The molecule has 1 amide bonds. The molecule has 0 radical (unpaired) electrons. The van der Waals surface area contributed by atoms with E-state index in [0.717, 1.165) is 62.3 Å². The molecule has 1 saturated heterocycles. The minimum absolute atomic E-state index is 0.0978. The van der Waals surface area contributed by atoms with E-state index < -0.39 is 5.60 Å². The highest BCUT2D eigenvalue weighted by Gasteiger charge is 2.29. The first-order valence-electron chi connectivity index (χ1n) is 13.2. The first-order chi connectivity index (χ1) is 15.8. The Morgan fingerprint density at radius 3 is 2.35 bits per heavy atom. The summed E-state index contributed by atoms with van der Waals surface area (Å²) in [7, 11) is 0. The van der Waals surface area contributed by atoms with E-state index in [2.05, 4.69) is 48.9 Å². The predicted octanol–water partition coefficient (Wildman–Crippen LogP) is 3.68. The van der Waals surface area contributed by atoms with Crippen molar-refractivity contribution < 1.29 is 9.90 Å². The molecule has 1 saturated carbocycles. The third-order valence-electron chi connectivity index (χ3n) is 7.22. The fourth-order valence-electron chi connectivity index (χ4n) is 5.28. The van der Waals surface area contributed by atoms with Gasteiger partial charge in [0.05, 0.1) is 5.60 Å². The summed E-state index contributed by atoms with van der Waals surface area (Å²) < 4.78 is 0. The molecular formula is C27H47N5O2. The number of aliphatic hydroxyl groups is 1. The van der Waals surface area contributed by atoms with Crippen molar-refractivity contribution in [3.8, 4) is 0 Å². The lowest BCUT2D eigenvalue weighted by Gasteiger charge is -2.41. The van der Waals surface area contributed by atoms with Gasteiger partial charge in [-0.3, -0.25) is 9.69 Å². The topological polar surface area (TPSA) is 81.6 Å². The highest BCUT2D eigenvalue weighted by molar-refractivity contribution is 5.73. The number of carbonyl (C=O) groups is 1. The van der Waals surface area contributed by atoms with Gasteiger partial charge >= 0.3 is 0 Å². The summed E-state index contributed by atoms with van der Waals surface area (Å²) in [5.74, 6) is 2.70. The molecule has 3 rings (SSSR count). The van der Waals surface area contributed by atoms with E-state index in [0.29, 0.717) is 18.5 Å². The van der Waals surface area contributed by atoms with Crippen molar-refractivity contribution >= 4 is 11.7 Å². The van der Waals surface area contributed by atoms with Crippen molar-refractivity contribution in [3.05, 3.63) is 17.6 Å². The van der Waals surface area contributed by atoms with Gasteiger partial charge in [-0.25, -0.2) is 9.97 Å². The number of hydrogen-bond acceptors (Lipinski definition) is 6. The highest BCUT2D eigenvalue weighted by Crippen LogP contribution is 2.29. The zero-order valence-electron chi connectivity index (χ0n) is 22.5. The molecule has 1 aliphatic heterocycles. The van der Waals surface area contributed by atoms with Gasteiger partial charge in [0, 0.05) is 62.2 Å². The van der Waals surface area contributed by atoms with E-state index in [4.69, 9.17) is 9.97 Å². The van der Waals surface area contributed by atoms with Crippen LogP contribution in [0.3, 0.4) is 0 Å². The van der Waals surface area contributed by atoms with E-state index in [-0.39, 0.29) is 11.3 Å². The van der Waals surface area contributed by atoms with Crippen LogP contribution in [-0.2, 0) is 16.6 Å². The van der Waals surface area contributed by atoms with E-state index in [9.17, 15) is 9.90 Å². The normalized spacial score (nSPS) is 24.8. The van der Waals surface area contributed by atoms with Crippen molar-refractivity contribution in [2.45, 2.75) is 110 Å². The molecule has 1 aliphatic carbocycles. The molecule has 0 spiro atoms. The molecule has 0 aromatic carbocycles. The number of aromatic nitrogens is 2. The minimum atomic E-state index is -0.798. The fourth-order valence-corrected chi connectivity index (χ4v) is 5.28. The largest absolute Gasteiger partial charge is 0.390 e. The Kier molecular flexibility index (Phi) is 8.61. The lowest BCUT2D eigenvalue weighted by molar-refractivity contribution is -0.119. The van der Waals surface area contributed by atoms with Crippen molar-refractivity contribution in [2.75, 3.05) is 31.1 Å². The molecule has 2 N–H and O–H groups in total. The second kappa shape index (κ2) is 10.9. The molecule has 1 aromatic heterocycles. The predicted molar refractivity (Wildman–Crippen MR) is 138 cm³/mol. The summed E-state index contributed by atoms with van der Waals surface area (Å²) in [6.07, 6.45) is 6.44. The van der Waals surface area contributed by atoms with Crippen LogP contribution in [0.1, 0.15) is 92.1 Å². The van der Waals surface area contributed by atoms with Gasteiger partial charge < -0.3 is 15.3 Å². The molecular weight excluding hydrogens is 426 g/mol. The van der Waals surface area contributed by atoms with Crippen molar-refractivity contribution in [2.24, 2.45) is 5.92 Å². The van der Waals surface area contributed by atoms with Gasteiger partial charge in [0.2, 0.25) is 5.91 Å².